The Morgan fingerprint density at radius 3 is 2.90 bits per heavy atom. The minimum atomic E-state index is 0.413. The maximum atomic E-state index is 5.48. The molecule has 2 N–H and O–H groups in total. The first-order valence-corrected chi connectivity index (χ1v) is 7.32. The number of hydrogen-bond acceptors (Lipinski definition) is 6. The quantitative estimate of drug-likeness (QED) is 0.828. The van der Waals surface area contributed by atoms with E-state index in [1.54, 1.807) is 13.4 Å². The third-order valence-electron chi connectivity index (χ3n) is 3.52. The fourth-order valence-electron chi connectivity index (χ4n) is 2.52. The molecule has 0 saturated carbocycles. The zero-order valence-electron chi connectivity index (χ0n) is 12.6. The Bertz CT molecular complexity index is 426. The molecule has 20 heavy (non-hydrogen) atoms. The Morgan fingerprint density at radius 2 is 2.20 bits per heavy atom. The first kappa shape index (κ1) is 14.8. The highest BCUT2D eigenvalue weighted by Gasteiger charge is 2.20. The van der Waals surface area contributed by atoms with Crippen LogP contribution >= 0.6 is 0 Å². The molecular formula is C14H25N5O. The van der Waals surface area contributed by atoms with E-state index in [1.807, 2.05) is 0 Å². The summed E-state index contributed by atoms with van der Waals surface area (Å²) in [5, 5.41) is 6.76. The van der Waals surface area contributed by atoms with Crippen molar-refractivity contribution >= 4 is 11.6 Å². The molecule has 0 aliphatic carbocycles. The van der Waals surface area contributed by atoms with E-state index >= 15 is 0 Å². The van der Waals surface area contributed by atoms with Crippen LogP contribution in [0.5, 0.6) is 5.75 Å². The summed E-state index contributed by atoms with van der Waals surface area (Å²) in [5.41, 5.74) is 0. The molecule has 2 rings (SSSR count). The van der Waals surface area contributed by atoms with Gasteiger partial charge in [-0.3, -0.25) is 0 Å². The largest absolute Gasteiger partial charge is 0.490 e. The first-order chi connectivity index (χ1) is 9.74. The van der Waals surface area contributed by atoms with Crippen molar-refractivity contribution in [2.45, 2.75) is 32.2 Å². The van der Waals surface area contributed by atoms with E-state index in [4.69, 9.17) is 4.74 Å². The Hall–Kier alpha value is -1.56. The molecule has 1 aliphatic rings. The van der Waals surface area contributed by atoms with Gasteiger partial charge in [0.25, 0.3) is 0 Å². The number of nitrogens with zero attached hydrogens (tertiary/aromatic N) is 3. The van der Waals surface area contributed by atoms with Gasteiger partial charge in [-0.2, -0.15) is 0 Å². The fourth-order valence-corrected chi connectivity index (χ4v) is 2.52. The van der Waals surface area contributed by atoms with Gasteiger partial charge in [0.1, 0.15) is 6.33 Å². The molecule has 1 fully saturated rings. The van der Waals surface area contributed by atoms with Crippen LogP contribution in [0.25, 0.3) is 0 Å². The van der Waals surface area contributed by atoms with E-state index in [0.717, 1.165) is 37.6 Å². The third kappa shape index (κ3) is 3.72. The lowest BCUT2D eigenvalue weighted by Gasteiger charge is -2.30. The summed E-state index contributed by atoms with van der Waals surface area (Å²) in [6.45, 7) is 5.20. The Labute approximate surface area is 120 Å². The van der Waals surface area contributed by atoms with E-state index in [2.05, 4.69) is 39.5 Å². The van der Waals surface area contributed by atoms with Gasteiger partial charge in [-0.15, -0.1) is 0 Å². The summed E-state index contributed by atoms with van der Waals surface area (Å²) < 4.78 is 5.48. The summed E-state index contributed by atoms with van der Waals surface area (Å²) in [5.74, 6) is 2.24. The number of likely N-dealkylation sites (tertiary alicyclic amines) is 1. The lowest BCUT2D eigenvalue weighted by Crippen LogP contribution is -2.40. The number of piperidine rings is 1. The van der Waals surface area contributed by atoms with Gasteiger partial charge in [0, 0.05) is 19.1 Å². The van der Waals surface area contributed by atoms with Crippen molar-refractivity contribution in [2.24, 2.45) is 0 Å². The number of methoxy groups -OCH3 is 1. The van der Waals surface area contributed by atoms with Crippen LogP contribution in [0.3, 0.4) is 0 Å². The second kappa shape index (κ2) is 7.28. The number of hydrogen-bond donors (Lipinski definition) is 2. The van der Waals surface area contributed by atoms with Crippen molar-refractivity contribution in [3.8, 4) is 5.75 Å². The number of aromatic nitrogens is 2. The standard InChI is InChI=1S/C14H25N5O/c1-4-7-15-13-12(20-3)14(17-10-16-13)18-11-6-5-8-19(2)9-11/h10-11H,4-9H2,1-3H3,(H2,15,16,17,18). The second-order valence-electron chi connectivity index (χ2n) is 5.28. The van der Waals surface area contributed by atoms with Gasteiger partial charge in [-0.1, -0.05) is 6.92 Å². The summed E-state index contributed by atoms with van der Waals surface area (Å²) >= 11 is 0. The number of ether oxygens (including phenoxy) is 1. The molecule has 1 aromatic rings. The van der Waals surface area contributed by atoms with Crippen LogP contribution in [0.2, 0.25) is 0 Å². The number of anilines is 2. The van der Waals surface area contributed by atoms with Crippen LogP contribution in [0.15, 0.2) is 6.33 Å². The average molecular weight is 279 g/mol. The molecule has 6 nitrogen and oxygen atoms in total. The summed E-state index contributed by atoms with van der Waals surface area (Å²) in [6, 6.07) is 0.413. The average Bonchev–Trinajstić information content (AvgIpc) is 2.45. The molecule has 2 heterocycles. The smallest absolute Gasteiger partial charge is 0.204 e. The highest BCUT2D eigenvalue weighted by molar-refractivity contribution is 5.63. The highest BCUT2D eigenvalue weighted by atomic mass is 16.5. The maximum Gasteiger partial charge on any atom is 0.204 e. The monoisotopic (exact) mass is 279 g/mol. The van der Waals surface area contributed by atoms with Crippen molar-refractivity contribution < 1.29 is 4.74 Å². The molecule has 0 amide bonds. The van der Waals surface area contributed by atoms with Crippen LogP contribution in [-0.4, -0.2) is 54.7 Å². The number of rotatable bonds is 6. The van der Waals surface area contributed by atoms with Crippen LogP contribution in [0, 0.1) is 0 Å². The van der Waals surface area contributed by atoms with Crippen molar-refractivity contribution in [2.75, 3.05) is 44.4 Å². The Balaban J connectivity index is 2.09. The number of likely N-dealkylation sites (N-methyl/N-ethyl adjacent to an activating group) is 1. The van der Waals surface area contributed by atoms with Gasteiger partial charge in [0.15, 0.2) is 11.6 Å². The molecular weight excluding hydrogens is 254 g/mol. The predicted octanol–water partition coefficient (Wildman–Crippen LogP) is 1.81. The van der Waals surface area contributed by atoms with E-state index in [9.17, 15) is 0 Å². The normalized spacial score (nSPS) is 19.6. The van der Waals surface area contributed by atoms with Gasteiger partial charge in [-0.25, -0.2) is 9.97 Å². The summed E-state index contributed by atoms with van der Waals surface area (Å²) in [4.78, 5) is 10.9. The van der Waals surface area contributed by atoms with Crippen LogP contribution < -0.4 is 15.4 Å². The topological polar surface area (TPSA) is 62.3 Å². The fraction of sp³-hybridized carbons (Fsp3) is 0.714. The summed E-state index contributed by atoms with van der Waals surface area (Å²) in [6.07, 6.45) is 5.00. The molecule has 1 saturated heterocycles. The van der Waals surface area contributed by atoms with Crippen LogP contribution in [0.1, 0.15) is 26.2 Å². The lowest BCUT2D eigenvalue weighted by molar-refractivity contribution is 0.260. The van der Waals surface area contributed by atoms with E-state index < -0.39 is 0 Å². The van der Waals surface area contributed by atoms with Crippen LogP contribution in [0.4, 0.5) is 11.6 Å². The van der Waals surface area contributed by atoms with Gasteiger partial charge in [-0.05, 0) is 32.9 Å². The van der Waals surface area contributed by atoms with E-state index in [0.29, 0.717) is 11.8 Å². The highest BCUT2D eigenvalue weighted by Crippen LogP contribution is 2.30. The predicted molar refractivity (Wildman–Crippen MR) is 81.5 cm³/mol. The molecule has 1 aromatic heterocycles. The van der Waals surface area contributed by atoms with Crippen molar-refractivity contribution in [3.05, 3.63) is 6.33 Å². The van der Waals surface area contributed by atoms with Crippen molar-refractivity contribution in [3.63, 3.8) is 0 Å². The van der Waals surface area contributed by atoms with Crippen LogP contribution in [-0.2, 0) is 0 Å². The SMILES string of the molecule is CCCNc1ncnc(NC2CCCN(C)C2)c1OC. The Kier molecular flexibility index (Phi) is 5.40. The molecule has 1 aliphatic heterocycles. The molecule has 0 radical (unpaired) electrons. The van der Waals surface area contributed by atoms with Gasteiger partial charge in [0.05, 0.1) is 7.11 Å². The van der Waals surface area contributed by atoms with Crippen molar-refractivity contribution in [1.29, 1.82) is 0 Å². The molecule has 112 valence electrons. The molecule has 0 spiro atoms. The van der Waals surface area contributed by atoms with Crippen molar-refractivity contribution in [1.82, 2.24) is 14.9 Å². The molecule has 0 bridgehead atoms. The molecule has 1 atom stereocenters. The first-order valence-electron chi connectivity index (χ1n) is 7.32. The third-order valence-corrected chi connectivity index (χ3v) is 3.52. The zero-order chi connectivity index (χ0) is 14.4. The molecule has 0 aromatic carbocycles. The van der Waals surface area contributed by atoms with E-state index in [-0.39, 0.29) is 0 Å². The lowest BCUT2D eigenvalue weighted by atomic mass is 10.1. The second-order valence-corrected chi connectivity index (χ2v) is 5.28. The number of nitrogens with one attached hydrogen (secondary N) is 2. The summed E-state index contributed by atoms with van der Waals surface area (Å²) in [7, 11) is 3.81. The van der Waals surface area contributed by atoms with Gasteiger partial charge < -0.3 is 20.3 Å². The Morgan fingerprint density at radius 1 is 1.40 bits per heavy atom. The maximum absolute atomic E-state index is 5.48. The molecule has 6 heteroatoms. The van der Waals surface area contributed by atoms with E-state index in [1.165, 1.54) is 13.0 Å². The minimum absolute atomic E-state index is 0.413. The minimum Gasteiger partial charge on any atom is -0.490 e. The zero-order valence-corrected chi connectivity index (χ0v) is 12.6. The molecule has 1 unspecified atom stereocenters. The van der Waals surface area contributed by atoms with Gasteiger partial charge in [0.2, 0.25) is 5.75 Å². The van der Waals surface area contributed by atoms with Gasteiger partial charge >= 0.3 is 0 Å².